The first-order valence-corrected chi connectivity index (χ1v) is 5.19. The summed E-state index contributed by atoms with van der Waals surface area (Å²) in [5.74, 6) is -1.68. The number of carboxylic acids is 1. The monoisotopic (exact) mass is 238 g/mol. The van der Waals surface area contributed by atoms with Gasteiger partial charge in [-0.1, -0.05) is 6.07 Å². The minimum absolute atomic E-state index is 0.0370. The molecule has 0 aromatic heterocycles. The van der Waals surface area contributed by atoms with Crippen molar-refractivity contribution < 1.29 is 24.5 Å². The molecule has 0 aliphatic rings. The third-order valence-electron chi connectivity index (χ3n) is 2.11. The van der Waals surface area contributed by atoms with Gasteiger partial charge in [-0.15, -0.1) is 0 Å². The molecular weight excluding hydrogens is 224 g/mol. The van der Waals surface area contributed by atoms with Crippen LogP contribution in [0.5, 0.6) is 0 Å². The maximum atomic E-state index is 11.5. The highest BCUT2D eigenvalue weighted by atomic mass is 16.5. The van der Waals surface area contributed by atoms with E-state index in [1.807, 2.05) is 0 Å². The molecule has 1 rings (SSSR count). The molecule has 0 radical (unpaired) electrons. The van der Waals surface area contributed by atoms with Gasteiger partial charge in [0.25, 0.3) is 0 Å². The van der Waals surface area contributed by atoms with E-state index in [1.165, 1.54) is 24.3 Å². The predicted molar refractivity (Wildman–Crippen MR) is 60.0 cm³/mol. The zero-order chi connectivity index (χ0) is 12.8. The van der Waals surface area contributed by atoms with Crippen LogP contribution in [0.2, 0.25) is 0 Å². The quantitative estimate of drug-likeness (QED) is 0.755. The maximum absolute atomic E-state index is 11.5. The van der Waals surface area contributed by atoms with Gasteiger partial charge in [-0.05, 0) is 25.1 Å². The van der Waals surface area contributed by atoms with E-state index in [-0.39, 0.29) is 17.7 Å². The van der Waals surface area contributed by atoms with Crippen molar-refractivity contribution in [2.45, 2.75) is 19.4 Å². The lowest BCUT2D eigenvalue weighted by Gasteiger charge is -2.06. The van der Waals surface area contributed by atoms with Gasteiger partial charge in [-0.3, -0.25) is 0 Å². The molecule has 1 aromatic carbocycles. The van der Waals surface area contributed by atoms with E-state index in [4.69, 9.17) is 14.9 Å². The van der Waals surface area contributed by atoms with Crippen LogP contribution in [0.1, 0.15) is 34.1 Å². The smallest absolute Gasteiger partial charge is 0.338 e. The zero-order valence-corrected chi connectivity index (χ0v) is 9.42. The number of carbonyl (C=O) groups is 2. The first-order chi connectivity index (χ1) is 8.00. The Kier molecular flexibility index (Phi) is 4.66. The first kappa shape index (κ1) is 13.2. The summed E-state index contributed by atoms with van der Waals surface area (Å²) >= 11 is 0. The highest BCUT2D eigenvalue weighted by Gasteiger charge is 2.10. The number of hydrogen-bond donors (Lipinski definition) is 2. The Hall–Kier alpha value is -1.88. The summed E-state index contributed by atoms with van der Waals surface area (Å²) in [6.07, 6.45) is -0.183. The van der Waals surface area contributed by atoms with Gasteiger partial charge in [-0.25, -0.2) is 9.59 Å². The van der Waals surface area contributed by atoms with Crippen LogP contribution in [-0.2, 0) is 4.74 Å². The molecule has 5 nitrogen and oxygen atoms in total. The number of carboxylic acid groups (broad SMARTS) is 1. The van der Waals surface area contributed by atoms with E-state index >= 15 is 0 Å². The standard InChI is InChI=1S/C12H14O5/c1-8(13)5-6-17-12(16)10-4-2-3-9(7-10)11(14)15/h2-4,7-8,13H,5-6H2,1H3,(H,14,15). The number of benzene rings is 1. The highest BCUT2D eigenvalue weighted by Crippen LogP contribution is 2.07. The van der Waals surface area contributed by atoms with Crippen LogP contribution >= 0.6 is 0 Å². The van der Waals surface area contributed by atoms with Gasteiger partial charge >= 0.3 is 11.9 Å². The average molecular weight is 238 g/mol. The van der Waals surface area contributed by atoms with Crippen molar-refractivity contribution in [3.05, 3.63) is 35.4 Å². The minimum atomic E-state index is -1.09. The number of esters is 1. The fraction of sp³-hybridized carbons (Fsp3) is 0.333. The summed E-state index contributed by atoms with van der Waals surface area (Å²) in [5.41, 5.74) is 0.227. The maximum Gasteiger partial charge on any atom is 0.338 e. The summed E-state index contributed by atoms with van der Waals surface area (Å²) < 4.78 is 4.88. The lowest BCUT2D eigenvalue weighted by Crippen LogP contribution is -2.11. The molecule has 0 fully saturated rings. The normalized spacial score (nSPS) is 11.9. The third-order valence-corrected chi connectivity index (χ3v) is 2.11. The Morgan fingerprint density at radius 2 is 2.00 bits per heavy atom. The van der Waals surface area contributed by atoms with Gasteiger partial charge in [0, 0.05) is 6.42 Å². The lowest BCUT2D eigenvalue weighted by atomic mass is 10.1. The van der Waals surface area contributed by atoms with Gasteiger partial charge in [-0.2, -0.15) is 0 Å². The number of hydrogen-bond acceptors (Lipinski definition) is 4. The molecule has 0 aliphatic heterocycles. The van der Waals surface area contributed by atoms with Gasteiger partial charge < -0.3 is 14.9 Å². The van der Waals surface area contributed by atoms with E-state index in [1.54, 1.807) is 6.92 Å². The molecule has 0 bridgehead atoms. The average Bonchev–Trinajstić information content (AvgIpc) is 2.28. The van der Waals surface area contributed by atoms with Crippen molar-refractivity contribution in [2.24, 2.45) is 0 Å². The van der Waals surface area contributed by atoms with E-state index in [0.29, 0.717) is 6.42 Å². The molecule has 1 unspecified atom stereocenters. The molecule has 0 saturated heterocycles. The van der Waals surface area contributed by atoms with Crippen LogP contribution in [-0.4, -0.2) is 34.9 Å². The molecule has 1 aromatic rings. The van der Waals surface area contributed by atoms with Crippen molar-refractivity contribution in [3.8, 4) is 0 Å². The summed E-state index contributed by atoms with van der Waals surface area (Å²) in [7, 11) is 0. The second-order valence-corrected chi connectivity index (χ2v) is 3.66. The molecule has 5 heteroatoms. The number of aliphatic hydroxyl groups excluding tert-OH is 1. The van der Waals surface area contributed by atoms with Gasteiger partial charge in [0.2, 0.25) is 0 Å². The predicted octanol–water partition coefficient (Wildman–Crippen LogP) is 1.31. The number of carbonyl (C=O) groups excluding carboxylic acids is 1. The van der Waals surface area contributed by atoms with Crippen molar-refractivity contribution in [2.75, 3.05) is 6.61 Å². The molecule has 1 atom stereocenters. The van der Waals surface area contributed by atoms with Crippen molar-refractivity contribution in [1.82, 2.24) is 0 Å². The summed E-state index contributed by atoms with van der Waals surface area (Å²) in [4.78, 5) is 22.2. The second-order valence-electron chi connectivity index (χ2n) is 3.66. The molecule has 2 N–H and O–H groups in total. The molecule has 0 aliphatic carbocycles. The largest absolute Gasteiger partial charge is 0.478 e. The van der Waals surface area contributed by atoms with Crippen LogP contribution in [0.25, 0.3) is 0 Å². The van der Waals surface area contributed by atoms with Gasteiger partial charge in [0.1, 0.15) is 0 Å². The molecular formula is C12H14O5. The molecule has 0 heterocycles. The van der Waals surface area contributed by atoms with Crippen LogP contribution in [0, 0.1) is 0 Å². The van der Waals surface area contributed by atoms with Crippen molar-refractivity contribution in [1.29, 1.82) is 0 Å². The second kappa shape index (κ2) is 6.00. The fourth-order valence-corrected chi connectivity index (χ4v) is 1.18. The Balaban J connectivity index is 2.63. The SMILES string of the molecule is CC(O)CCOC(=O)c1cccc(C(=O)O)c1. The lowest BCUT2D eigenvalue weighted by molar-refractivity contribution is 0.0444. The van der Waals surface area contributed by atoms with Gasteiger partial charge in [0.05, 0.1) is 23.8 Å². The Morgan fingerprint density at radius 3 is 2.59 bits per heavy atom. The van der Waals surface area contributed by atoms with E-state index in [9.17, 15) is 9.59 Å². The molecule has 0 spiro atoms. The summed E-state index contributed by atoms with van der Waals surface area (Å²) in [6.45, 7) is 1.70. The fourth-order valence-electron chi connectivity index (χ4n) is 1.18. The third kappa shape index (κ3) is 4.24. The molecule has 0 amide bonds. The van der Waals surface area contributed by atoms with E-state index in [2.05, 4.69) is 0 Å². The Morgan fingerprint density at radius 1 is 1.35 bits per heavy atom. The number of aromatic carboxylic acids is 1. The first-order valence-electron chi connectivity index (χ1n) is 5.19. The molecule has 17 heavy (non-hydrogen) atoms. The van der Waals surface area contributed by atoms with E-state index in [0.717, 1.165) is 0 Å². The molecule has 0 saturated carbocycles. The summed E-state index contributed by atoms with van der Waals surface area (Å²) in [5, 5.41) is 17.7. The number of rotatable bonds is 5. The van der Waals surface area contributed by atoms with Crippen molar-refractivity contribution >= 4 is 11.9 Å². The Bertz CT molecular complexity index is 411. The minimum Gasteiger partial charge on any atom is -0.478 e. The molecule has 92 valence electrons. The van der Waals surface area contributed by atoms with E-state index < -0.39 is 18.0 Å². The van der Waals surface area contributed by atoms with Crippen LogP contribution < -0.4 is 0 Å². The highest BCUT2D eigenvalue weighted by molar-refractivity contribution is 5.94. The zero-order valence-electron chi connectivity index (χ0n) is 9.42. The van der Waals surface area contributed by atoms with Crippen LogP contribution in [0.15, 0.2) is 24.3 Å². The Labute approximate surface area is 98.6 Å². The number of ether oxygens (including phenoxy) is 1. The number of aliphatic hydroxyl groups is 1. The van der Waals surface area contributed by atoms with Gasteiger partial charge in [0.15, 0.2) is 0 Å². The van der Waals surface area contributed by atoms with Crippen molar-refractivity contribution in [3.63, 3.8) is 0 Å². The topological polar surface area (TPSA) is 83.8 Å². The summed E-state index contributed by atoms with van der Waals surface area (Å²) in [6, 6.07) is 5.62. The van der Waals surface area contributed by atoms with Crippen LogP contribution in [0.3, 0.4) is 0 Å². The van der Waals surface area contributed by atoms with Crippen LogP contribution in [0.4, 0.5) is 0 Å².